The van der Waals surface area contributed by atoms with Crippen LogP contribution in [0.1, 0.15) is 35.3 Å². The maximum atomic E-state index is 11.7. The zero-order valence-corrected chi connectivity index (χ0v) is 11.0. The third-order valence-corrected chi connectivity index (χ3v) is 3.35. The summed E-state index contributed by atoms with van der Waals surface area (Å²) in [5, 5.41) is 7.78. The van der Waals surface area contributed by atoms with E-state index in [2.05, 4.69) is 26.1 Å². The molecule has 7 heteroatoms. The van der Waals surface area contributed by atoms with Crippen LogP contribution >= 0.6 is 15.9 Å². The van der Waals surface area contributed by atoms with Crippen molar-refractivity contribution in [2.75, 3.05) is 0 Å². The zero-order chi connectivity index (χ0) is 12.5. The number of hydrogen-bond acceptors (Lipinski definition) is 5. The average Bonchev–Trinajstić information content (AvgIpc) is 2.94. The van der Waals surface area contributed by atoms with E-state index in [-0.39, 0.29) is 12.4 Å². The first-order valence-electron chi connectivity index (χ1n) is 5.54. The number of carbonyl (C=O) groups excluding carboxylic acids is 1. The molecule has 2 aromatic heterocycles. The molecule has 3 rings (SSSR count). The van der Waals surface area contributed by atoms with Gasteiger partial charge in [0.2, 0.25) is 5.76 Å². The molecule has 0 amide bonds. The van der Waals surface area contributed by atoms with E-state index in [0.717, 1.165) is 12.8 Å². The van der Waals surface area contributed by atoms with Crippen molar-refractivity contribution in [3.05, 3.63) is 34.7 Å². The summed E-state index contributed by atoms with van der Waals surface area (Å²) in [5.74, 6) is 0.304. The van der Waals surface area contributed by atoms with Crippen LogP contribution in [0.2, 0.25) is 0 Å². The van der Waals surface area contributed by atoms with Crippen LogP contribution in [0.4, 0.5) is 0 Å². The van der Waals surface area contributed by atoms with Gasteiger partial charge in [0.05, 0.1) is 10.7 Å². The van der Waals surface area contributed by atoms with Crippen molar-refractivity contribution < 1.29 is 13.9 Å². The fraction of sp³-hybridized carbons (Fsp3) is 0.364. The van der Waals surface area contributed by atoms with Crippen LogP contribution in [0.5, 0.6) is 0 Å². The molecule has 0 aromatic carbocycles. The summed E-state index contributed by atoms with van der Waals surface area (Å²) in [6.07, 6.45) is 5.35. The van der Waals surface area contributed by atoms with Crippen LogP contribution in [0.15, 0.2) is 27.5 Å². The van der Waals surface area contributed by atoms with Gasteiger partial charge in [0.1, 0.15) is 6.33 Å². The Bertz CT molecular complexity index is 574. The van der Waals surface area contributed by atoms with Crippen LogP contribution in [-0.2, 0) is 11.3 Å². The van der Waals surface area contributed by atoms with Crippen LogP contribution in [0.3, 0.4) is 0 Å². The Hall–Kier alpha value is -1.63. The molecule has 0 N–H and O–H groups in total. The van der Waals surface area contributed by atoms with Crippen molar-refractivity contribution in [1.82, 2.24) is 14.8 Å². The molecule has 0 atom stereocenters. The van der Waals surface area contributed by atoms with Gasteiger partial charge in [-0.2, -0.15) is 0 Å². The van der Waals surface area contributed by atoms with Crippen molar-refractivity contribution in [3.8, 4) is 0 Å². The summed E-state index contributed by atoms with van der Waals surface area (Å²) in [6, 6.07) is 2.10. The lowest BCUT2D eigenvalue weighted by Gasteiger charge is -2.05. The van der Waals surface area contributed by atoms with Crippen molar-refractivity contribution in [2.24, 2.45) is 0 Å². The molecule has 18 heavy (non-hydrogen) atoms. The number of halogens is 1. The van der Waals surface area contributed by atoms with Crippen molar-refractivity contribution >= 4 is 21.9 Å². The summed E-state index contributed by atoms with van der Waals surface area (Å²) >= 11 is 3.21. The number of ether oxygens (including phenoxy) is 1. The molecular formula is C11H10BrN3O3. The SMILES string of the molecule is O=C(OCc1nncn1C1CC1)c1occc1Br. The minimum atomic E-state index is -0.516. The van der Waals surface area contributed by atoms with Gasteiger partial charge >= 0.3 is 5.97 Å². The van der Waals surface area contributed by atoms with Gasteiger partial charge in [-0.15, -0.1) is 10.2 Å². The summed E-state index contributed by atoms with van der Waals surface area (Å²) in [6.45, 7) is 0.0997. The molecule has 0 bridgehead atoms. The average molecular weight is 312 g/mol. The lowest BCUT2D eigenvalue weighted by molar-refractivity contribution is 0.0419. The van der Waals surface area contributed by atoms with Gasteiger partial charge in [-0.1, -0.05) is 0 Å². The third-order valence-electron chi connectivity index (χ3n) is 2.72. The molecule has 0 unspecified atom stereocenters. The highest BCUT2D eigenvalue weighted by Gasteiger charge is 2.26. The molecule has 2 aromatic rings. The lowest BCUT2D eigenvalue weighted by atomic mass is 10.4. The molecule has 1 saturated carbocycles. The highest BCUT2D eigenvalue weighted by atomic mass is 79.9. The maximum Gasteiger partial charge on any atom is 0.375 e. The van der Waals surface area contributed by atoms with E-state index in [1.807, 2.05) is 4.57 Å². The Morgan fingerprint density at radius 1 is 1.61 bits per heavy atom. The maximum absolute atomic E-state index is 11.7. The first-order chi connectivity index (χ1) is 8.75. The second kappa shape index (κ2) is 4.56. The molecule has 2 heterocycles. The Morgan fingerprint density at radius 2 is 2.44 bits per heavy atom. The Kier molecular flexibility index (Phi) is 2.91. The van der Waals surface area contributed by atoms with E-state index in [9.17, 15) is 4.79 Å². The summed E-state index contributed by atoms with van der Waals surface area (Å²) in [4.78, 5) is 11.7. The molecule has 0 saturated heterocycles. The first kappa shape index (κ1) is 11.5. The number of aromatic nitrogens is 3. The van der Waals surface area contributed by atoms with Crippen LogP contribution in [0, 0.1) is 0 Å². The van der Waals surface area contributed by atoms with E-state index >= 15 is 0 Å². The fourth-order valence-electron chi connectivity index (χ4n) is 1.66. The standard InChI is InChI=1S/C11H10BrN3O3/c12-8-3-4-17-10(8)11(16)18-5-9-14-13-6-15(9)7-1-2-7/h3-4,6-7H,1-2,5H2. The van der Waals surface area contributed by atoms with Crippen molar-refractivity contribution in [1.29, 1.82) is 0 Å². The van der Waals surface area contributed by atoms with E-state index in [1.54, 1.807) is 12.4 Å². The Labute approximate surface area is 111 Å². The fourth-order valence-corrected chi connectivity index (χ4v) is 2.03. The molecule has 1 fully saturated rings. The summed E-state index contributed by atoms with van der Waals surface area (Å²) < 4.78 is 12.7. The topological polar surface area (TPSA) is 70.2 Å². The second-order valence-electron chi connectivity index (χ2n) is 4.06. The van der Waals surface area contributed by atoms with Gasteiger partial charge < -0.3 is 13.7 Å². The summed E-state index contributed by atoms with van der Waals surface area (Å²) in [5.41, 5.74) is 0. The minimum absolute atomic E-state index is 0.0997. The first-order valence-corrected chi connectivity index (χ1v) is 6.33. The van der Waals surface area contributed by atoms with Gasteiger partial charge in [-0.3, -0.25) is 0 Å². The molecule has 0 spiro atoms. The quantitative estimate of drug-likeness (QED) is 0.810. The highest BCUT2D eigenvalue weighted by Crippen LogP contribution is 2.35. The largest absolute Gasteiger partial charge is 0.456 e. The van der Waals surface area contributed by atoms with Crippen LogP contribution < -0.4 is 0 Å². The number of esters is 1. The van der Waals surface area contributed by atoms with Gasteiger partial charge in [-0.25, -0.2) is 4.79 Å². The number of carbonyl (C=O) groups is 1. The highest BCUT2D eigenvalue weighted by molar-refractivity contribution is 9.10. The predicted octanol–water partition coefficient (Wildman–Crippen LogP) is 2.33. The molecule has 1 aliphatic rings. The number of furan rings is 1. The van der Waals surface area contributed by atoms with E-state index in [4.69, 9.17) is 9.15 Å². The molecule has 0 radical (unpaired) electrons. The Morgan fingerprint density at radius 3 is 3.11 bits per heavy atom. The van der Waals surface area contributed by atoms with Gasteiger partial charge in [-0.05, 0) is 34.8 Å². The van der Waals surface area contributed by atoms with Crippen molar-refractivity contribution in [2.45, 2.75) is 25.5 Å². The van der Waals surface area contributed by atoms with Gasteiger partial charge in [0.25, 0.3) is 0 Å². The van der Waals surface area contributed by atoms with E-state index < -0.39 is 5.97 Å². The molecular weight excluding hydrogens is 302 g/mol. The summed E-state index contributed by atoms with van der Waals surface area (Å²) in [7, 11) is 0. The number of hydrogen-bond donors (Lipinski definition) is 0. The van der Waals surface area contributed by atoms with Crippen molar-refractivity contribution in [3.63, 3.8) is 0 Å². The van der Waals surface area contributed by atoms with E-state index in [1.165, 1.54) is 6.26 Å². The molecule has 6 nitrogen and oxygen atoms in total. The third kappa shape index (κ3) is 2.17. The lowest BCUT2D eigenvalue weighted by Crippen LogP contribution is -2.09. The van der Waals surface area contributed by atoms with Gasteiger partial charge in [0.15, 0.2) is 12.4 Å². The number of rotatable bonds is 4. The molecule has 1 aliphatic carbocycles. The monoisotopic (exact) mass is 311 g/mol. The second-order valence-corrected chi connectivity index (χ2v) is 4.91. The normalized spacial score (nSPS) is 14.7. The number of nitrogens with zero attached hydrogens (tertiary/aromatic N) is 3. The zero-order valence-electron chi connectivity index (χ0n) is 9.38. The van der Waals surface area contributed by atoms with E-state index in [0.29, 0.717) is 16.3 Å². The minimum Gasteiger partial charge on any atom is -0.456 e. The Balaban J connectivity index is 1.66. The predicted molar refractivity (Wildman–Crippen MR) is 63.8 cm³/mol. The van der Waals surface area contributed by atoms with Crippen LogP contribution in [-0.4, -0.2) is 20.7 Å². The molecule has 94 valence electrons. The molecule has 0 aliphatic heterocycles. The van der Waals surface area contributed by atoms with Crippen LogP contribution in [0.25, 0.3) is 0 Å². The van der Waals surface area contributed by atoms with Gasteiger partial charge in [0, 0.05) is 6.04 Å². The smallest absolute Gasteiger partial charge is 0.375 e.